The average Bonchev–Trinajstić information content (AvgIpc) is 3.46. The van der Waals surface area contributed by atoms with Crippen molar-refractivity contribution in [3.8, 4) is 22.3 Å². The molecule has 1 unspecified atom stereocenters. The third-order valence-corrected chi connectivity index (χ3v) is 10.7. The molecule has 1 aliphatic carbocycles. The highest BCUT2D eigenvalue weighted by molar-refractivity contribution is 9.10. The van der Waals surface area contributed by atoms with E-state index in [4.69, 9.17) is 4.98 Å². The van der Waals surface area contributed by atoms with Crippen LogP contribution in [0.15, 0.2) is 174 Å². The Morgan fingerprint density at radius 2 is 1.10 bits per heavy atom. The molecule has 1 heterocycles. The summed E-state index contributed by atoms with van der Waals surface area (Å²) in [4.78, 5) is 5.70. The van der Waals surface area contributed by atoms with E-state index in [0.29, 0.717) is 5.69 Å². The molecule has 0 fully saturated rings. The summed E-state index contributed by atoms with van der Waals surface area (Å²) in [5, 5.41) is 13.7. The largest absolute Gasteiger partial charge is 0.374 e. The van der Waals surface area contributed by atoms with E-state index in [2.05, 4.69) is 146 Å². The maximum atomic E-state index is 13.7. The lowest BCUT2D eigenvalue weighted by Crippen LogP contribution is -2.35. The summed E-state index contributed by atoms with van der Waals surface area (Å²) in [6, 6.07) is 59.1. The first-order valence-electron chi connectivity index (χ1n) is 17.1. The summed E-state index contributed by atoms with van der Waals surface area (Å²) >= 11 is 3.72. The van der Waals surface area contributed by atoms with Crippen molar-refractivity contribution in [2.45, 2.75) is 37.2 Å². The predicted octanol–water partition coefficient (Wildman–Crippen LogP) is 11.5. The van der Waals surface area contributed by atoms with Crippen molar-refractivity contribution in [1.82, 2.24) is 4.98 Å². The summed E-state index contributed by atoms with van der Waals surface area (Å²) in [5.74, 6) is 0. The van der Waals surface area contributed by atoms with Crippen LogP contribution in [-0.4, -0.2) is 10.1 Å². The molecular formula is C47H38BrNO. The SMILES string of the molecule is CC(C)(C)c1cc(C(O)(c2cccc(Br)c2)c2ccccc2-c2ccccc2)nc(C2(c3ccccc3)c3ccccc3-c3ccccc32)c1. The van der Waals surface area contributed by atoms with Crippen LogP contribution in [0.5, 0.6) is 0 Å². The number of hydrogen-bond donors (Lipinski definition) is 1. The fraction of sp³-hybridized carbons (Fsp3) is 0.128. The lowest BCUT2D eigenvalue weighted by molar-refractivity contribution is 0.121. The molecule has 6 aromatic carbocycles. The Hall–Kier alpha value is -5.09. The van der Waals surface area contributed by atoms with Crippen molar-refractivity contribution in [2.24, 2.45) is 0 Å². The van der Waals surface area contributed by atoms with Gasteiger partial charge in [-0.2, -0.15) is 0 Å². The molecule has 1 atom stereocenters. The molecule has 0 radical (unpaired) electrons. The molecule has 0 saturated heterocycles. The molecular weight excluding hydrogens is 674 g/mol. The van der Waals surface area contributed by atoms with Crippen LogP contribution in [0.25, 0.3) is 22.3 Å². The number of hydrogen-bond acceptors (Lipinski definition) is 2. The van der Waals surface area contributed by atoms with Gasteiger partial charge in [-0.3, -0.25) is 4.98 Å². The van der Waals surface area contributed by atoms with Gasteiger partial charge in [0.1, 0.15) is 0 Å². The fourth-order valence-electron chi connectivity index (χ4n) is 7.82. The van der Waals surface area contributed by atoms with Crippen molar-refractivity contribution in [3.63, 3.8) is 0 Å². The maximum absolute atomic E-state index is 13.7. The molecule has 8 rings (SSSR count). The van der Waals surface area contributed by atoms with Crippen LogP contribution in [0.2, 0.25) is 0 Å². The standard InChI is InChI=1S/C47H38BrNO/c1-45(2,3)35-30-43(46(33-19-8-5-9-20-33)40-26-13-11-24-38(40)39-25-12-14-27-41(39)46)49-44(31-35)47(50,34-21-16-22-36(48)29-34)42-28-15-10-23-37(42)32-17-6-4-7-18-32/h4-31,50H,1-3H3. The van der Waals surface area contributed by atoms with Gasteiger partial charge in [-0.1, -0.05) is 182 Å². The topological polar surface area (TPSA) is 33.1 Å². The smallest absolute Gasteiger partial charge is 0.157 e. The van der Waals surface area contributed by atoms with Crippen LogP contribution >= 0.6 is 15.9 Å². The molecule has 2 nitrogen and oxygen atoms in total. The van der Waals surface area contributed by atoms with Crippen LogP contribution in [0, 0.1) is 0 Å². The molecule has 1 aliphatic rings. The minimum atomic E-state index is -1.61. The molecule has 50 heavy (non-hydrogen) atoms. The maximum Gasteiger partial charge on any atom is 0.157 e. The van der Waals surface area contributed by atoms with Gasteiger partial charge in [0.05, 0.1) is 16.8 Å². The molecule has 0 aliphatic heterocycles. The van der Waals surface area contributed by atoms with Gasteiger partial charge in [-0.25, -0.2) is 0 Å². The normalized spacial score (nSPS) is 14.4. The van der Waals surface area contributed by atoms with Crippen molar-refractivity contribution >= 4 is 15.9 Å². The second-order valence-corrected chi connectivity index (χ2v) is 15.1. The molecule has 0 saturated carbocycles. The number of aromatic nitrogens is 1. The third kappa shape index (κ3) is 5.07. The van der Waals surface area contributed by atoms with Gasteiger partial charge in [-0.05, 0) is 79.8 Å². The Morgan fingerprint density at radius 1 is 0.540 bits per heavy atom. The molecule has 1 N–H and O–H groups in total. The first-order chi connectivity index (χ1) is 24.2. The van der Waals surface area contributed by atoms with Gasteiger partial charge in [0.15, 0.2) is 5.60 Å². The highest BCUT2D eigenvalue weighted by Crippen LogP contribution is 2.56. The highest BCUT2D eigenvalue weighted by Gasteiger charge is 2.48. The van der Waals surface area contributed by atoms with E-state index in [9.17, 15) is 5.11 Å². The van der Waals surface area contributed by atoms with E-state index in [-0.39, 0.29) is 5.41 Å². The number of fused-ring (bicyclic) bond motifs is 3. The van der Waals surface area contributed by atoms with Crippen molar-refractivity contribution < 1.29 is 5.11 Å². The van der Waals surface area contributed by atoms with Gasteiger partial charge in [0.2, 0.25) is 0 Å². The van der Waals surface area contributed by atoms with E-state index in [1.807, 2.05) is 60.7 Å². The Bertz CT molecular complexity index is 2300. The Balaban J connectivity index is 1.52. The van der Waals surface area contributed by atoms with E-state index in [1.165, 1.54) is 22.3 Å². The van der Waals surface area contributed by atoms with Crippen molar-refractivity contribution in [3.05, 3.63) is 219 Å². The summed E-state index contributed by atoms with van der Waals surface area (Å²) in [6.07, 6.45) is 0. The summed E-state index contributed by atoms with van der Waals surface area (Å²) in [6.45, 7) is 6.70. The first-order valence-corrected chi connectivity index (χ1v) is 17.9. The molecule has 7 aromatic rings. The summed E-state index contributed by atoms with van der Waals surface area (Å²) in [7, 11) is 0. The van der Waals surface area contributed by atoms with Crippen LogP contribution in [0.3, 0.4) is 0 Å². The molecule has 0 amide bonds. The number of benzene rings is 6. The molecule has 0 spiro atoms. The van der Waals surface area contributed by atoms with E-state index < -0.39 is 11.0 Å². The second kappa shape index (κ2) is 12.4. The predicted molar refractivity (Wildman–Crippen MR) is 208 cm³/mol. The number of pyridine rings is 1. The van der Waals surface area contributed by atoms with Gasteiger partial charge in [0, 0.05) is 10.0 Å². The lowest BCUT2D eigenvalue weighted by atomic mass is 9.68. The quantitative estimate of drug-likeness (QED) is 0.186. The van der Waals surface area contributed by atoms with Gasteiger partial charge in [-0.15, -0.1) is 0 Å². The molecule has 3 heteroatoms. The van der Waals surface area contributed by atoms with Gasteiger partial charge in [0.25, 0.3) is 0 Å². The van der Waals surface area contributed by atoms with E-state index in [0.717, 1.165) is 43.5 Å². The number of rotatable bonds is 6. The Labute approximate surface area is 303 Å². The zero-order chi connectivity index (χ0) is 34.5. The molecule has 1 aromatic heterocycles. The van der Waals surface area contributed by atoms with Crippen LogP contribution in [0.4, 0.5) is 0 Å². The van der Waals surface area contributed by atoms with E-state index in [1.54, 1.807) is 0 Å². The Kier molecular flexibility index (Phi) is 7.94. The molecule has 0 bridgehead atoms. The summed E-state index contributed by atoms with van der Waals surface area (Å²) < 4.78 is 0.886. The molecule has 244 valence electrons. The van der Waals surface area contributed by atoms with Gasteiger partial charge < -0.3 is 5.11 Å². The fourth-order valence-corrected chi connectivity index (χ4v) is 8.22. The number of halogens is 1. The lowest BCUT2D eigenvalue weighted by Gasteiger charge is -2.37. The summed E-state index contributed by atoms with van der Waals surface area (Å²) in [5.41, 5.74) is 9.39. The van der Waals surface area contributed by atoms with Crippen molar-refractivity contribution in [2.75, 3.05) is 0 Å². The monoisotopic (exact) mass is 711 g/mol. The van der Waals surface area contributed by atoms with Crippen molar-refractivity contribution in [1.29, 1.82) is 0 Å². The zero-order valence-corrected chi connectivity index (χ0v) is 30.0. The Morgan fingerprint density at radius 3 is 1.72 bits per heavy atom. The second-order valence-electron chi connectivity index (χ2n) is 14.2. The van der Waals surface area contributed by atoms with Gasteiger partial charge >= 0.3 is 0 Å². The minimum absolute atomic E-state index is 0.251. The van der Waals surface area contributed by atoms with Crippen LogP contribution < -0.4 is 0 Å². The first kappa shape index (κ1) is 32.1. The highest BCUT2D eigenvalue weighted by atomic mass is 79.9. The number of aliphatic hydroxyl groups is 1. The van der Waals surface area contributed by atoms with Crippen LogP contribution in [0.1, 0.15) is 65.5 Å². The minimum Gasteiger partial charge on any atom is -0.374 e. The van der Waals surface area contributed by atoms with Crippen LogP contribution in [-0.2, 0) is 16.4 Å². The number of nitrogens with zero attached hydrogens (tertiary/aromatic N) is 1. The average molecular weight is 713 g/mol. The zero-order valence-electron chi connectivity index (χ0n) is 28.4. The third-order valence-electron chi connectivity index (χ3n) is 10.2. The van der Waals surface area contributed by atoms with E-state index >= 15 is 0 Å².